The van der Waals surface area contributed by atoms with Crippen LogP contribution in [0.25, 0.3) is 22.6 Å². The number of pyridine rings is 1. The van der Waals surface area contributed by atoms with Crippen LogP contribution in [0.15, 0.2) is 83.8 Å². The maximum absolute atomic E-state index is 13.5. The van der Waals surface area contributed by atoms with Crippen molar-refractivity contribution in [3.05, 3.63) is 101 Å². The minimum atomic E-state index is -3.85. The van der Waals surface area contributed by atoms with Gasteiger partial charge in [0.05, 0.1) is 21.7 Å². The van der Waals surface area contributed by atoms with Crippen LogP contribution in [-0.4, -0.2) is 31.4 Å². The molecule has 1 aliphatic carbocycles. The maximum Gasteiger partial charge on any atom is 0.339 e. The number of nitrogens with zero attached hydrogens (tertiary/aromatic N) is 1. The fourth-order valence-corrected chi connectivity index (χ4v) is 5.02. The highest BCUT2D eigenvalue weighted by Crippen LogP contribution is 2.38. The first-order valence-electron chi connectivity index (χ1n) is 12.0. The molecule has 1 atom stereocenters. The number of para-hydroxylation sites is 1. The molecule has 38 heavy (non-hydrogen) atoms. The van der Waals surface area contributed by atoms with Crippen LogP contribution in [0.1, 0.15) is 40.5 Å². The van der Waals surface area contributed by atoms with Gasteiger partial charge in [0.2, 0.25) is 10.0 Å². The number of carbonyl (C=O) groups is 2. The van der Waals surface area contributed by atoms with Crippen LogP contribution in [0.5, 0.6) is 0 Å². The number of ether oxygens (including phenoxy) is 1. The van der Waals surface area contributed by atoms with Crippen molar-refractivity contribution in [3.8, 4) is 0 Å². The average Bonchev–Trinajstić information content (AvgIpc) is 3.29. The molecule has 4 aromatic rings. The molecule has 192 valence electrons. The summed E-state index contributed by atoms with van der Waals surface area (Å²) < 4.78 is 28.5. The number of anilines is 1. The molecule has 9 heteroatoms. The van der Waals surface area contributed by atoms with Crippen molar-refractivity contribution in [2.24, 2.45) is 5.14 Å². The highest BCUT2D eigenvalue weighted by Gasteiger charge is 2.29. The third-order valence-electron chi connectivity index (χ3n) is 6.39. The Kier molecular flexibility index (Phi) is 6.79. The Hall–Kier alpha value is -4.34. The largest absolute Gasteiger partial charge is 0.449 e. The number of benzene rings is 3. The zero-order valence-electron chi connectivity index (χ0n) is 20.5. The molecular weight excluding hydrogens is 502 g/mol. The Morgan fingerprint density at radius 3 is 2.37 bits per heavy atom. The van der Waals surface area contributed by atoms with E-state index in [0.717, 1.165) is 28.8 Å². The zero-order valence-corrected chi connectivity index (χ0v) is 21.4. The number of hydrogen-bond acceptors (Lipinski definition) is 6. The van der Waals surface area contributed by atoms with Crippen LogP contribution in [0.3, 0.4) is 0 Å². The molecule has 0 bridgehead atoms. The van der Waals surface area contributed by atoms with E-state index < -0.39 is 28.0 Å². The molecule has 5 rings (SSSR count). The van der Waals surface area contributed by atoms with Gasteiger partial charge in [-0.15, -0.1) is 0 Å². The number of sulfonamides is 1. The van der Waals surface area contributed by atoms with E-state index in [1.54, 1.807) is 0 Å². The molecule has 1 aliphatic rings. The summed E-state index contributed by atoms with van der Waals surface area (Å²) in [4.78, 5) is 31.0. The molecule has 1 heterocycles. The fraction of sp³-hybridized carbons (Fsp3) is 0.138. The van der Waals surface area contributed by atoms with Gasteiger partial charge in [0.25, 0.3) is 5.91 Å². The molecule has 3 N–H and O–H groups in total. The minimum Gasteiger partial charge on any atom is -0.449 e. The third-order valence-corrected chi connectivity index (χ3v) is 7.32. The number of fused-ring (bicyclic) bond motifs is 2. The van der Waals surface area contributed by atoms with Crippen molar-refractivity contribution in [2.75, 3.05) is 5.32 Å². The van der Waals surface area contributed by atoms with Crippen LogP contribution in [-0.2, 0) is 26.0 Å². The molecule has 8 nitrogen and oxygen atoms in total. The second kappa shape index (κ2) is 10.2. The molecule has 3 aromatic carbocycles. The lowest BCUT2D eigenvalue weighted by Crippen LogP contribution is -2.30. The summed E-state index contributed by atoms with van der Waals surface area (Å²) >= 11 is 0. The monoisotopic (exact) mass is 527 g/mol. The lowest BCUT2D eigenvalue weighted by Gasteiger charge is -2.16. The predicted octanol–water partition coefficient (Wildman–Crippen LogP) is 4.55. The van der Waals surface area contributed by atoms with Gasteiger partial charge in [0.1, 0.15) is 0 Å². The molecule has 0 fully saturated rings. The first-order valence-corrected chi connectivity index (χ1v) is 13.6. The molecule has 0 spiro atoms. The number of aromatic nitrogens is 1. The van der Waals surface area contributed by atoms with E-state index in [-0.39, 0.29) is 4.90 Å². The van der Waals surface area contributed by atoms with Crippen molar-refractivity contribution >= 4 is 50.1 Å². The van der Waals surface area contributed by atoms with Crippen LogP contribution in [0.4, 0.5) is 5.69 Å². The van der Waals surface area contributed by atoms with E-state index in [9.17, 15) is 18.0 Å². The van der Waals surface area contributed by atoms with Crippen LogP contribution >= 0.6 is 0 Å². The van der Waals surface area contributed by atoms with Gasteiger partial charge in [-0.05, 0) is 72.9 Å². The lowest BCUT2D eigenvalue weighted by atomic mass is 10.0. The first-order chi connectivity index (χ1) is 18.2. The summed E-state index contributed by atoms with van der Waals surface area (Å²) in [5.41, 5.74) is 5.10. The van der Waals surface area contributed by atoms with E-state index in [0.29, 0.717) is 28.6 Å². The highest BCUT2D eigenvalue weighted by atomic mass is 32.2. The van der Waals surface area contributed by atoms with Crippen LogP contribution < -0.4 is 10.5 Å². The van der Waals surface area contributed by atoms with Crippen molar-refractivity contribution in [1.82, 2.24) is 4.98 Å². The van der Waals surface area contributed by atoms with Gasteiger partial charge in [0.15, 0.2) is 6.10 Å². The second-order valence-corrected chi connectivity index (χ2v) is 10.6. The van der Waals surface area contributed by atoms with Gasteiger partial charge >= 0.3 is 5.97 Å². The summed E-state index contributed by atoms with van der Waals surface area (Å²) in [6, 6.07) is 22.7. The average molecular weight is 528 g/mol. The normalized spacial score (nSPS) is 14.7. The lowest BCUT2D eigenvalue weighted by molar-refractivity contribution is -0.123. The van der Waals surface area contributed by atoms with Crippen LogP contribution in [0.2, 0.25) is 0 Å². The zero-order chi connectivity index (χ0) is 26.9. The SMILES string of the molecule is CC(OC(=O)c1c2c(nc3ccccc13)/C(=C\c1ccccc1)CC2)C(=O)Nc1ccc(S(N)(=O)=O)cc1. The van der Waals surface area contributed by atoms with E-state index in [2.05, 4.69) is 11.4 Å². The minimum absolute atomic E-state index is 0.0749. The summed E-state index contributed by atoms with van der Waals surface area (Å²) in [5.74, 6) is -1.16. The van der Waals surface area contributed by atoms with Crippen molar-refractivity contribution < 1.29 is 22.7 Å². The van der Waals surface area contributed by atoms with Crippen molar-refractivity contribution in [1.29, 1.82) is 0 Å². The maximum atomic E-state index is 13.5. The smallest absolute Gasteiger partial charge is 0.339 e. The number of nitrogens with one attached hydrogen (secondary N) is 1. The molecule has 0 saturated heterocycles. The van der Waals surface area contributed by atoms with Gasteiger partial charge < -0.3 is 10.1 Å². The Balaban J connectivity index is 1.41. The number of nitrogens with two attached hydrogens (primary N) is 1. The Morgan fingerprint density at radius 1 is 0.974 bits per heavy atom. The molecule has 1 amide bonds. The summed E-state index contributed by atoms with van der Waals surface area (Å²) in [6.45, 7) is 1.48. The topological polar surface area (TPSA) is 128 Å². The third kappa shape index (κ3) is 5.20. The predicted molar refractivity (Wildman–Crippen MR) is 146 cm³/mol. The number of rotatable bonds is 6. The van der Waals surface area contributed by atoms with Gasteiger partial charge in [-0.2, -0.15) is 0 Å². The molecule has 1 unspecified atom stereocenters. The Labute approximate surface area is 220 Å². The Morgan fingerprint density at radius 2 is 1.66 bits per heavy atom. The van der Waals surface area contributed by atoms with Gasteiger partial charge in [-0.25, -0.2) is 23.3 Å². The van der Waals surface area contributed by atoms with Crippen LogP contribution in [0, 0.1) is 0 Å². The van der Waals surface area contributed by atoms with Crippen molar-refractivity contribution in [2.45, 2.75) is 30.8 Å². The first kappa shape index (κ1) is 25.3. The van der Waals surface area contributed by atoms with Crippen molar-refractivity contribution in [3.63, 3.8) is 0 Å². The van der Waals surface area contributed by atoms with E-state index in [4.69, 9.17) is 14.9 Å². The second-order valence-electron chi connectivity index (χ2n) is 9.02. The van der Waals surface area contributed by atoms with Gasteiger partial charge in [-0.1, -0.05) is 48.5 Å². The molecule has 1 aromatic heterocycles. The number of amides is 1. The summed E-state index contributed by atoms with van der Waals surface area (Å²) in [6.07, 6.45) is 2.34. The number of esters is 1. The van der Waals surface area contributed by atoms with Gasteiger partial charge in [-0.3, -0.25) is 4.79 Å². The van der Waals surface area contributed by atoms with E-state index in [1.807, 2.05) is 54.6 Å². The molecule has 0 saturated carbocycles. The number of hydrogen-bond donors (Lipinski definition) is 2. The number of carbonyl (C=O) groups excluding carboxylic acids is 2. The van der Waals surface area contributed by atoms with Gasteiger partial charge in [0, 0.05) is 11.1 Å². The summed E-state index contributed by atoms with van der Waals surface area (Å²) in [7, 11) is -3.85. The summed E-state index contributed by atoms with van der Waals surface area (Å²) in [5, 5.41) is 8.41. The molecule has 0 radical (unpaired) electrons. The van der Waals surface area contributed by atoms with E-state index in [1.165, 1.54) is 31.2 Å². The quantitative estimate of drug-likeness (QED) is 0.354. The fourth-order valence-electron chi connectivity index (χ4n) is 4.51. The standard InChI is InChI=1S/C29H25N3O5S/c1-18(28(33)31-21-12-14-22(15-13-21)38(30,35)36)37-29(34)26-23-9-5-6-10-25(23)32-27-20(11-16-24(26)27)17-19-7-3-2-4-8-19/h2-10,12-15,17-18H,11,16H2,1H3,(H,31,33)(H2,30,35,36)/b20-17-. The molecule has 0 aliphatic heterocycles. The number of primary sulfonamides is 1. The highest BCUT2D eigenvalue weighted by molar-refractivity contribution is 7.89. The number of allylic oxidation sites excluding steroid dienone is 1. The molecular formula is C29H25N3O5S. The Bertz CT molecular complexity index is 1680. The van der Waals surface area contributed by atoms with E-state index >= 15 is 0 Å².